The van der Waals surface area contributed by atoms with Gasteiger partial charge in [-0.3, -0.25) is 4.79 Å². The summed E-state index contributed by atoms with van der Waals surface area (Å²) in [6.07, 6.45) is 5.52. The van der Waals surface area contributed by atoms with E-state index in [1.807, 2.05) is 18.2 Å². The molecule has 1 aromatic rings. The second-order valence-corrected chi connectivity index (χ2v) is 5.43. The molecule has 0 saturated carbocycles. The van der Waals surface area contributed by atoms with Gasteiger partial charge in [0, 0.05) is 11.8 Å². The maximum absolute atomic E-state index is 11.1. The Morgan fingerprint density at radius 2 is 1.95 bits per heavy atom. The van der Waals surface area contributed by atoms with Gasteiger partial charge in [0.25, 0.3) is 0 Å². The summed E-state index contributed by atoms with van der Waals surface area (Å²) in [5.74, 6) is 0.786. The Kier molecular flexibility index (Phi) is 9.13. The van der Waals surface area contributed by atoms with Crippen molar-refractivity contribution in [1.29, 1.82) is 0 Å². The summed E-state index contributed by atoms with van der Waals surface area (Å²) in [4.78, 5) is 11.1. The number of hydrogen-bond donors (Lipinski definition) is 0. The highest BCUT2D eigenvalue weighted by Crippen LogP contribution is 2.20. The van der Waals surface area contributed by atoms with Gasteiger partial charge in [-0.25, -0.2) is 0 Å². The molecule has 20 heavy (non-hydrogen) atoms. The standard InChI is InChI=1S/C16H23BrO3/c1-19-16(18)11-7-9-14-8-3-4-10-15(14)20-13-6-2-5-12-17/h3-4,8,10H,2,5-7,9,11-13H2,1H3. The molecule has 112 valence electrons. The van der Waals surface area contributed by atoms with Crippen molar-refractivity contribution in [1.82, 2.24) is 0 Å². The second-order valence-electron chi connectivity index (χ2n) is 4.64. The largest absolute Gasteiger partial charge is 0.493 e. The third-order valence-corrected chi connectivity index (χ3v) is 3.62. The number of para-hydroxylation sites is 1. The maximum Gasteiger partial charge on any atom is 0.305 e. The molecular formula is C16H23BrO3. The van der Waals surface area contributed by atoms with E-state index in [4.69, 9.17) is 4.74 Å². The molecule has 0 saturated heterocycles. The van der Waals surface area contributed by atoms with Crippen LogP contribution in [0.1, 0.15) is 37.7 Å². The number of unbranched alkanes of at least 4 members (excludes halogenated alkanes) is 2. The van der Waals surface area contributed by atoms with E-state index in [2.05, 4.69) is 26.7 Å². The van der Waals surface area contributed by atoms with Crippen LogP contribution in [0.5, 0.6) is 5.75 Å². The van der Waals surface area contributed by atoms with E-state index in [-0.39, 0.29) is 5.97 Å². The Morgan fingerprint density at radius 1 is 1.15 bits per heavy atom. The van der Waals surface area contributed by atoms with Crippen LogP contribution >= 0.6 is 15.9 Å². The lowest BCUT2D eigenvalue weighted by atomic mass is 10.1. The van der Waals surface area contributed by atoms with E-state index in [1.54, 1.807) is 0 Å². The maximum atomic E-state index is 11.1. The number of halogens is 1. The molecule has 0 radical (unpaired) electrons. The summed E-state index contributed by atoms with van der Waals surface area (Å²) in [6, 6.07) is 8.05. The van der Waals surface area contributed by atoms with Crippen molar-refractivity contribution in [2.24, 2.45) is 0 Å². The molecule has 0 aliphatic rings. The van der Waals surface area contributed by atoms with Gasteiger partial charge >= 0.3 is 5.97 Å². The number of hydrogen-bond acceptors (Lipinski definition) is 3. The van der Waals surface area contributed by atoms with Crippen LogP contribution in [0.4, 0.5) is 0 Å². The smallest absolute Gasteiger partial charge is 0.305 e. The Labute approximate surface area is 129 Å². The molecule has 0 atom stereocenters. The van der Waals surface area contributed by atoms with Crippen LogP contribution in [0.2, 0.25) is 0 Å². The Hall–Kier alpha value is -1.03. The third kappa shape index (κ3) is 6.94. The molecule has 0 amide bonds. The van der Waals surface area contributed by atoms with E-state index in [0.717, 1.165) is 42.5 Å². The lowest BCUT2D eigenvalue weighted by molar-refractivity contribution is -0.140. The Bertz CT molecular complexity index is 393. The normalized spacial score (nSPS) is 10.3. The van der Waals surface area contributed by atoms with Crippen molar-refractivity contribution in [3.63, 3.8) is 0 Å². The van der Waals surface area contributed by atoms with Crippen LogP contribution in [-0.2, 0) is 16.0 Å². The van der Waals surface area contributed by atoms with E-state index in [1.165, 1.54) is 20.0 Å². The van der Waals surface area contributed by atoms with Gasteiger partial charge < -0.3 is 9.47 Å². The van der Waals surface area contributed by atoms with Gasteiger partial charge in [0.15, 0.2) is 0 Å². The molecule has 0 bridgehead atoms. The number of alkyl halides is 1. The zero-order valence-electron chi connectivity index (χ0n) is 12.1. The molecule has 3 nitrogen and oxygen atoms in total. The summed E-state index contributed by atoms with van der Waals surface area (Å²) >= 11 is 3.43. The van der Waals surface area contributed by atoms with E-state index in [0.29, 0.717) is 6.42 Å². The van der Waals surface area contributed by atoms with Gasteiger partial charge in [-0.15, -0.1) is 0 Å². The first-order chi connectivity index (χ1) is 9.77. The highest BCUT2D eigenvalue weighted by molar-refractivity contribution is 9.09. The predicted molar refractivity (Wildman–Crippen MR) is 84.5 cm³/mol. The van der Waals surface area contributed by atoms with Gasteiger partial charge in [-0.1, -0.05) is 34.1 Å². The Balaban J connectivity index is 2.36. The second kappa shape index (κ2) is 10.7. The van der Waals surface area contributed by atoms with Crippen molar-refractivity contribution in [3.05, 3.63) is 29.8 Å². The summed E-state index contributed by atoms with van der Waals surface area (Å²) in [5, 5.41) is 1.05. The molecule has 0 fully saturated rings. The summed E-state index contributed by atoms with van der Waals surface area (Å²) in [6.45, 7) is 0.751. The molecule has 0 spiro atoms. The molecule has 4 heteroatoms. The molecule has 0 aliphatic heterocycles. The van der Waals surface area contributed by atoms with Crippen molar-refractivity contribution >= 4 is 21.9 Å². The van der Waals surface area contributed by atoms with Crippen LogP contribution in [0.25, 0.3) is 0 Å². The first-order valence-corrected chi connectivity index (χ1v) is 8.23. The van der Waals surface area contributed by atoms with Crippen molar-refractivity contribution in [3.8, 4) is 5.75 Å². The number of aryl methyl sites for hydroxylation is 1. The minimum absolute atomic E-state index is 0.154. The number of benzene rings is 1. The predicted octanol–water partition coefficient (Wildman–Crippen LogP) is 4.13. The van der Waals surface area contributed by atoms with Gasteiger partial charge in [0.1, 0.15) is 5.75 Å². The van der Waals surface area contributed by atoms with Crippen LogP contribution < -0.4 is 4.74 Å². The molecular weight excluding hydrogens is 320 g/mol. The molecule has 1 aromatic carbocycles. The number of ether oxygens (including phenoxy) is 2. The first kappa shape index (κ1) is 17.0. The summed E-state index contributed by atoms with van der Waals surface area (Å²) in [5.41, 5.74) is 1.16. The minimum Gasteiger partial charge on any atom is -0.493 e. The lowest BCUT2D eigenvalue weighted by Crippen LogP contribution is -2.03. The molecule has 0 aliphatic carbocycles. The SMILES string of the molecule is COC(=O)CCCc1ccccc1OCCCCCBr. The van der Waals surface area contributed by atoms with E-state index < -0.39 is 0 Å². The monoisotopic (exact) mass is 342 g/mol. The van der Waals surface area contributed by atoms with Gasteiger partial charge in [0.05, 0.1) is 13.7 Å². The minimum atomic E-state index is -0.154. The number of methoxy groups -OCH3 is 1. The van der Waals surface area contributed by atoms with Crippen LogP contribution in [-0.4, -0.2) is 25.0 Å². The van der Waals surface area contributed by atoms with Crippen molar-refractivity contribution < 1.29 is 14.3 Å². The van der Waals surface area contributed by atoms with E-state index in [9.17, 15) is 4.79 Å². The topological polar surface area (TPSA) is 35.5 Å². The lowest BCUT2D eigenvalue weighted by Gasteiger charge is -2.11. The fourth-order valence-corrected chi connectivity index (χ4v) is 2.33. The number of rotatable bonds is 10. The van der Waals surface area contributed by atoms with Gasteiger partial charge in [0.2, 0.25) is 0 Å². The van der Waals surface area contributed by atoms with Crippen LogP contribution in [0, 0.1) is 0 Å². The van der Waals surface area contributed by atoms with E-state index >= 15 is 0 Å². The molecule has 0 N–H and O–H groups in total. The van der Waals surface area contributed by atoms with Crippen LogP contribution in [0.15, 0.2) is 24.3 Å². The molecule has 0 heterocycles. The summed E-state index contributed by atoms with van der Waals surface area (Å²) < 4.78 is 10.5. The van der Waals surface area contributed by atoms with Gasteiger partial charge in [-0.2, -0.15) is 0 Å². The number of carbonyl (C=O) groups is 1. The fourth-order valence-electron chi connectivity index (χ4n) is 1.93. The molecule has 0 unspecified atom stereocenters. The van der Waals surface area contributed by atoms with Crippen LogP contribution in [0.3, 0.4) is 0 Å². The average molecular weight is 343 g/mol. The average Bonchev–Trinajstić information content (AvgIpc) is 2.48. The zero-order chi connectivity index (χ0) is 14.6. The first-order valence-electron chi connectivity index (χ1n) is 7.11. The summed E-state index contributed by atoms with van der Waals surface area (Å²) in [7, 11) is 1.42. The zero-order valence-corrected chi connectivity index (χ0v) is 13.7. The number of carbonyl (C=O) groups excluding carboxylic acids is 1. The fraction of sp³-hybridized carbons (Fsp3) is 0.562. The number of esters is 1. The van der Waals surface area contributed by atoms with Crippen molar-refractivity contribution in [2.45, 2.75) is 38.5 Å². The third-order valence-electron chi connectivity index (χ3n) is 3.06. The van der Waals surface area contributed by atoms with Crippen molar-refractivity contribution in [2.75, 3.05) is 19.0 Å². The highest BCUT2D eigenvalue weighted by Gasteiger charge is 2.05. The van der Waals surface area contributed by atoms with Gasteiger partial charge in [-0.05, 0) is 43.7 Å². The molecule has 0 aromatic heterocycles. The molecule has 1 rings (SSSR count). The Morgan fingerprint density at radius 3 is 2.70 bits per heavy atom. The highest BCUT2D eigenvalue weighted by atomic mass is 79.9. The quantitative estimate of drug-likeness (QED) is 0.364.